The Morgan fingerprint density at radius 3 is 2.50 bits per heavy atom. The maximum absolute atomic E-state index is 13.0. The molecule has 0 fully saturated rings. The molecule has 5 nitrogen and oxygen atoms in total. The van der Waals surface area contributed by atoms with E-state index >= 15 is 0 Å². The summed E-state index contributed by atoms with van der Waals surface area (Å²) in [4.78, 5) is 17.6. The fourth-order valence-corrected chi connectivity index (χ4v) is 2.91. The van der Waals surface area contributed by atoms with E-state index in [1.165, 1.54) is 4.68 Å². The molecule has 0 N–H and O–H groups in total. The van der Waals surface area contributed by atoms with Crippen LogP contribution in [0.15, 0.2) is 88.8 Å². The van der Waals surface area contributed by atoms with Gasteiger partial charge in [0.15, 0.2) is 5.82 Å². The molecule has 0 radical (unpaired) electrons. The predicted molar refractivity (Wildman–Crippen MR) is 111 cm³/mol. The first-order chi connectivity index (χ1) is 13.7. The molecule has 0 atom stereocenters. The monoisotopic (exact) mass is 369 g/mol. The minimum absolute atomic E-state index is 0.136. The second-order valence-electron chi connectivity index (χ2n) is 6.37. The number of hydrogen-bond acceptors (Lipinski definition) is 4. The Labute approximate surface area is 162 Å². The third-order valence-electron chi connectivity index (χ3n) is 4.39. The van der Waals surface area contributed by atoms with Crippen LogP contribution in [0.3, 0.4) is 0 Å². The maximum Gasteiger partial charge on any atom is 0.282 e. The fraction of sp³-hybridized carbons (Fsp3) is 0.0870. The summed E-state index contributed by atoms with van der Waals surface area (Å²) in [6.07, 6.45) is 1.65. The number of aromatic nitrogens is 2. The zero-order chi connectivity index (χ0) is 19.3. The highest BCUT2D eigenvalue weighted by molar-refractivity contribution is 5.80. The average Bonchev–Trinajstić information content (AvgIpc) is 2.73. The van der Waals surface area contributed by atoms with Crippen molar-refractivity contribution in [2.75, 3.05) is 0 Å². The molecule has 0 aliphatic heterocycles. The van der Waals surface area contributed by atoms with E-state index in [1.807, 2.05) is 79.7 Å². The minimum atomic E-state index is -0.221. The first-order valence-electron chi connectivity index (χ1n) is 9.01. The van der Waals surface area contributed by atoms with Crippen LogP contribution in [-0.4, -0.2) is 15.9 Å². The molecule has 28 heavy (non-hydrogen) atoms. The molecule has 1 aromatic heterocycles. The van der Waals surface area contributed by atoms with Crippen LogP contribution in [0.1, 0.15) is 17.0 Å². The van der Waals surface area contributed by atoms with Crippen molar-refractivity contribution in [2.45, 2.75) is 13.5 Å². The SMILES string of the molecule is Cc1ccccc1OCc1nc2ccccc2c(=O)n1/N=C/c1ccccc1. The highest BCUT2D eigenvalue weighted by Gasteiger charge is 2.11. The highest BCUT2D eigenvalue weighted by atomic mass is 16.5. The van der Waals surface area contributed by atoms with E-state index in [0.717, 1.165) is 16.9 Å². The number of benzene rings is 3. The molecule has 4 rings (SSSR count). The molecule has 0 saturated heterocycles. The van der Waals surface area contributed by atoms with E-state index < -0.39 is 0 Å². The van der Waals surface area contributed by atoms with Gasteiger partial charge in [-0.3, -0.25) is 4.79 Å². The van der Waals surface area contributed by atoms with Gasteiger partial charge < -0.3 is 4.74 Å². The quantitative estimate of drug-likeness (QED) is 0.496. The van der Waals surface area contributed by atoms with Gasteiger partial charge >= 0.3 is 0 Å². The van der Waals surface area contributed by atoms with Gasteiger partial charge in [-0.2, -0.15) is 9.78 Å². The molecule has 3 aromatic carbocycles. The van der Waals surface area contributed by atoms with E-state index in [0.29, 0.717) is 16.7 Å². The third-order valence-corrected chi connectivity index (χ3v) is 4.39. The van der Waals surface area contributed by atoms with Crippen LogP contribution in [0.4, 0.5) is 0 Å². The summed E-state index contributed by atoms with van der Waals surface area (Å²) in [5.74, 6) is 1.20. The van der Waals surface area contributed by atoms with Gasteiger partial charge in [-0.05, 0) is 36.2 Å². The van der Waals surface area contributed by atoms with Gasteiger partial charge in [0, 0.05) is 0 Å². The number of rotatable bonds is 5. The lowest BCUT2D eigenvalue weighted by Gasteiger charge is -2.12. The predicted octanol–water partition coefficient (Wildman–Crippen LogP) is 4.17. The molecule has 0 amide bonds. The summed E-state index contributed by atoms with van der Waals surface area (Å²) in [6.45, 7) is 2.11. The van der Waals surface area contributed by atoms with Crippen LogP contribution >= 0.6 is 0 Å². The minimum Gasteiger partial charge on any atom is -0.485 e. The summed E-state index contributed by atoms with van der Waals surface area (Å²) in [7, 11) is 0. The van der Waals surface area contributed by atoms with Crippen LogP contribution in [0.25, 0.3) is 10.9 Å². The Hall–Kier alpha value is -3.73. The van der Waals surface area contributed by atoms with Crippen molar-refractivity contribution in [3.8, 4) is 5.75 Å². The van der Waals surface area contributed by atoms with Gasteiger partial charge in [0.05, 0.1) is 17.1 Å². The van der Waals surface area contributed by atoms with E-state index in [4.69, 9.17) is 4.74 Å². The summed E-state index contributed by atoms with van der Waals surface area (Å²) in [5, 5.41) is 4.92. The first-order valence-corrected chi connectivity index (χ1v) is 9.01. The van der Waals surface area contributed by atoms with E-state index in [-0.39, 0.29) is 12.2 Å². The van der Waals surface area contributed by atoms with Gasteiger partial charge in [-0.1, -0.05) is 60.7 Å². The first kappa shape index (κ1) is 17.7. The topological polar surface area (TPSA) is 56.5 Å². The smallest absolute Gasteiger partial charge is 0.282 e. The molecule has 0 aliphatic carbocycles. The van der Waals surface area contributed by atoms with Crippen LogP contribution < -0.4 is 10.3 Å². The molecular formula is C23H19N3O2. The molecule has 0 bridgehead atoms. The number of hydrogen-bond donors (Lipinski definition) is 0. The number of nitrogens with zero attached hydrogens (tertiary/aromatic N) is 3. The zero-order valence-electron chi connectivity index (χ0n) is 15.4. The van der Waals surface area contributed by atoms with Crippen molar-refractivity contribution in [2.24, 2.45) is 5.10 Å². The Bertz CT molecular complexity index is 1200. The van der Waals surface area contributed by atoms with Gasteiger partial charge in [0.25, 0.3) is 5.56 Å². The van der Waals surface area contributed by atoms with Gasteiger partial charge in [-0.25, -0.2) is 4.98 Å². The van der Waals surface area contributed by atoms with Crippen molar-refractivity contribution >= 4 is 17.1 Å². The van der Waals surface area contributed by atoms with Crippen molar-refractivity contribution in [1.29, 1.82) is 0 Å². The van der Waals surface area contributed by atoms with Crippen LogP contribution in [0.2, 0.25) is 0 Å². The Kier molecular flexibility index (Phi) is 4.97. The Balaban J connectivity index is 1.76. The molecule has 0 saturated carbocycles. The second kappa shape index (κ2) is 7.88. The normalized spacial score (nSPS) is 11.2. The third kappa shape index (κ3) is 3.69. The van der Waals surface area contributed by atoms with E-state index in [2.05, 4.69) is 10.1 Å². The number of para-hydroxylation sites is 2. The van der Waals surface area contributed by atoms with E-state index in [1.54, 1.807) is 12.3 Å². The lowest BCUT2D eigenvalue weighted by atomic mass is 10.2. The molecule has 138 valence electrons. The van der Waals surface area contributed by atoms with Gasteiger partial charge in [0.2, 0.25) is 0 Å². The molecular weight excluding hydrogens is 350 g/mol. The highest BCUT2D eigenvalue weighted by Crippen LogP contribution is 2.18. The molecule has 0 aliphatic rings. The van der Waals surface area contributed by atoms with Gasteiger partial charge in [-0.15, -0.1) is 0 Å². The number of fused-ring (bicyclic) bond motifs is 1. The van der Waals surface area contributed by atoms with Gasteiger partial charge in [0.1, 0.15) is 12.4 Å². The van der Waals surface area contributed by atoms with E-state index in [9.17, 15) is 4.79 Å². The number of ether oxygens (including phenoxy) is 1. The van der Waals surface area contributed by atoms with Crippen molar-refractivity contribution in [3.63, 3.8) is 0 Å². The van der Waals surface area contributed by atoms with Crippen LogP contribution in [-0.2, 0) is 6.61 Å². The summed E-state index contributed by atoms with van der Waals surface area (Å²) >= 11 is 0. The average molecular weight is 369 g/mol. The van der Waals surface area contributed by atoms with Crippen molar-refractivity contribution in [1.82, 2.24) is 9.66 Å². The molecule has 0 spiro atoms. The molecule has 1 heterocycles. The van der Waals surface area contributed by atoms with Crippen LogP contribution in [0, 0.1) is 6.92 Å². The second-order valence-corrected chi connectivity index (χ2v) is 6.37. The van der Waals surface area contributed by atoms with Crippen molar-refractivity contribution in [3.05, 3.63) is 106 Å². The number of aryl methyl sites for hydroxylation is 1. The summed E-state index contributed by atoms with van der Waals surface area (Å²) < 4.78 is 7.24. The summed E-state index contributed by atoms with van der Waals surface area (Å²) in [5.41, 5.74) is 2.32. The maximum atomic E-state index is 13.0. The molecule has 4 aromatic rings. The standard InChI is InChI=1S/C23H19N3O2/c1-17-9-5-8-14-21(17)28-16-22-25-20-13-7-6-12-19(20)23(27)26(22)24-15-18-10-3-2-4-11-18/h2-15H,16H2,1H3/b24-15+. The lowest BCUT2D eigenvalue weighted by Crippen LogP contribution is -2.23. The Morgan fingerprint density at radius 1 is 0.964 bits per heavy atom. The fourth-order valence-electron chi connectivity index (χ4n) is 2.91. The van der Waals surface area contributed by atoms with Crippen molar-refractivity contribution < 1.29 is 4.74 Å². The van der Waals surface area contributed by atoms with Crippen LogP contribution in [0.5, 0.6) is 5.75 Å². The Morgan fingerprint density at radius 2 is 1.68 bits per heavy atom. The summed E-state index contributed by atoms with van der Waals surface area (Å²) in [6, 6.07) is 24.6. The zero-order valence-corrected chi connectivity index (χ0v) is 15.4. The largest absolute Gasteiger partial charge is 0.485 e. The molecule has 0 unspecified atom stereocenters. The lowest BCUT2D eigenvalue weighted by molar-refractivity contribution is 0.287. The molecule has 5 heteroatoms.